The average molecular weight is 445 g/mol. The molecule has 1 aromatic carbocycles. The summed E-state index contributed by atoms with van der Waals surface area (Å²) in [6, 6.07) is 4.59. The van der Waals surface area contributed by atoms with Gasteiger partial charge in [0.25, 0.3) is 0 Å². The largest absolute Gasteiger partial charge is 0.478 e. The molecule has 33 heavy (non-hydrogen) atoms. The van der Waals surface area contributed by atoms with E-state index in [2.05, 4.69) is 35.1 Å². The Bertz CT molecular complexity index is 1180. The summed E-state index contributed by atoms with van der Waals surface area (Å²) >= 11 is 0. The van der Waals surface area contributed by atoms with Gasteiger partial charge in [-0.2, -0.15) is 0 Å². The van der Waals surface area contributed by atoms with Crippen molar-refractivity contribution in [1.82, 2.24) is 9.05 Å². The first-order valence-electron chi connectivity index (χ1n) is 12.7. The molecular weight excluding hydrogens is 410 g/mol. The number of carbonyl (C=O) groups is 1. The molecule has 1 unspecified atom stereocenters. The summed E-state index contributed by atoms with van der Waals surface area (Å²) in [7, 11) is 0. The molecule has 6 rings (SSSR count). The van der Waals surface area contributed by atoms with Gasteiger partial charge < -0.3 is 15.4 Å². The molecule has 2 aromatic rings. The third-order valence-electron chi connectivity index (χ3n) is 8.49. The van der Waals surface area contributed by atoms with E-state index in [-0.39, 0.29) is 0 Å². The molecule has 172 valence electrons. The second-order valence-electron chi connectivity index (χ2n) is 10.2. The second-order valence-corrected chi connectivity index (χ2v) is 10.2. The van der Waals surface area contributed by atoms with Gasteiger partial charge in [-0.05, 0) is 49.3 Å². The Morgan fingerprint density at radius 1 is 1.18 bits per heavy atom. The molecule has 2 aliphatic carbocycles. The first kappa shape index (κ1) is 20.9. The molecule has 1 aromatic heterocycles. The number of carboxylic acids is 1. The number of benzene rings is 1. The van der Waals surface area contributed by atoms with E-state index in [9.17, 15) is 9.90 Å². The van der Waals surface area contributed by atoms with Gasteiger partial charge in [0.2, 0.25) is 0 Å². The van der Waals surface area contributed by atoms with Gasteiger partial charge in [0.15, 0.2) is 5.69 Å². The Morgan fingerprint density at radius 3 is 2.82 bits per heavy atom. The van der Waals surface area contributed by atoms with Crippen LogP contribution in [0.15, 0.2) is 30.5 Å². The minimum absolute atomic E-state index is 0.482. The van der Waals surface area contributed by atoms with E-state index in [1.165, 1.54) is 54.6 Å². The summed E-state index contributed by atoms with van der Waals surface area (Å²) in [6.45, 7) is 3.19. The number of hydrogen-bond donors (Lipinski definition) is 2. The van der Waals surface area contributed by atoms with Gasteiger partial charge in [0.1, 0.15) is 13.1 Å². The van der Waals surface area contributed by atoms with E-state index in [4.69, 9.17) is 5.73 Å². The topological polar surface area (TPSA) is 68.2 Å². The van der Waals surface area contributed by atoms with Crippen molar-refractivity contribution < 1.29 is 9.90 Å². The highest BCUT2D eigenvalue weighted by molar-refractivity contribution is 6.02. The van der Waals surface area contributed by atoms with Crippen molar-refractivity contribution in [3.8, 4) is 11.3 Å². The molecule has 5 heteroatoms. The number of nitrogens with two attached hydrogens (primary N) is 1. The molecule has 1 atom stereocenters. The number of nitrogens with zero attached hydrogens (tertiary/aromatic N) is 2. The van der Waals surface area contributed by atoms with Crippen LogP contribution in [0.2, 0.25) is 0 Å². The zero-order valence-corrected chi connectivity index (χ0v) is 19.4. The average Bonchev–Trinajstić information content (AvgIpc) is 3.10. The van der Waals surface area contributed by atoms with Crippen molar-refractivity contribution in [2.75, 3.05) is 19.6 Å². The van der Waals surface area contributed by atoms with Crippen LogP contribution < -0.4 is 10.2 Å². The Kier molecular flexibility index (Phi) is 5.07. The third-order valence-corrected chi connectivity index (χ3v) is 8.49. The zero-order valence-electron chi connectivity index (χ0n) is 19.4. The van der Waals surface area contributed by atoms with Gasteiger partial charge in [0.05, 0.1) is 29.6 Å². The molecule has 0 saturated heterocycles. The molecular formula is C28H34N3O2+. The third kappa shape index (κ3) is 3.09. The van der Waals surface area contributed by atoms with Crippen LogP contribution in [-0.4, -0.2) is 35.3 Å². The van der Waals surface area contributed by atoms with E-state index >= 15 is 0 Å². The summed E-state index contributed by atoms with van der Waals surface area (Å²) < 4.78 is 3.08. The Labute approximate surface area is 195 Å². The monoisotopic (exact) mass is 444 g/mol. The summed E-state index contributed by atoms with van der Waals surface area (Å²) in [6.07, 6.45) is 18.1. The van der Waals surface area contributed by atoms with Crippen molar-refractivity contribution in [1.29, 1.82) is 0 Å². The predicted molar refractivity (Wildman–Crippen MR) is 133 cm³/mol. The Hall–Kier alpha value is -2.63. The fraction of sp³-hybridized carbons (Fsp3) is 0.464. The van der Waals surface area contributed by atoms with E-state index in [1.807, 2.05) is 6.08 Å². The summed E-state index contributed by atoms with van der Waals surface area (Å²) in [5.74, 6) is -0.197. The van der Waals surface area contributed by atoms with Gasteiger partial charge in [-0.25, -0.2) is 4.79 Å². The second kappa shape index (κ2) is 8.00. The number of hydrogen-bond acceptors (Lipinski definition) is 2. The lowest BCUT2D eigenvalue weighted by Gasteiger charge is -2.39. The highest BCUT2D eigenvalue weighted by Gasteiger charge is 2.42. The maximum absolute atomic E-state index is 12.6. The molecule has 2 aliphatic heterocycles. The summed E-state index contributed by atoms with van der Waals surface area (Å²) in [5.41, 5.74) is 15.1. The van der Waals surface area contributed by atoms with Crippen molar-refractivity contribution in [3.05, 3.63) is 58.4 Å². The smallest absolute Gasteiger partial charge is 0.338 e. The van der Waals surface area contributed by atoms with Gasteiger partial charge in [-0.15, -0.1) is 0 Å². The number of fused-ring (bicyclic) bond motifs is 4. The number of carboxylic acid groups (broad SMARTS) is 1. The SMILES string of the molecule is NCC[N+]12C=CCc3c(C4CCCCC4)ccc(c31)-c1c(C(=O)O)c3c(n1CC2)CCC=C3. The van der Waals surface area contributed by atoms with E-state index in [0.717, 1.165) is 60.2 Å². The van der Waals surface area contributed by atoms with Crippen LogP contribution in [0.3, 0.4) is 0 Å². The van der Waals surface area contributed by atoms with Gasteiger partial charge in [0, 0.05) is 29.8 Å². The van der Waals surface area contributed by atoms with Crippen LogP contribution in [0.4, 0.5) is 5.69 Å². The van der Waals surface area contributed by atoms with Crippen molar-refractivity contribution >= 4 is 17.7 Å². The minimum atomic E-state index is -0.818. The van der Waals surface area contributed by atoms with Gasteiger partial charge in [-0.1, -0.05) is 37.5 Å². The molecule has 0 radical (unpaired) electrons. The maximum Gasteiger partial charge on any atom is 0.338 e. The number of quaternary nitrogens is 1. The van der Waals surface area contributed by atoms with Crippen LogP contribution in [0.5, 0.6) is 0 Å². The van der Waals surface area contributed by atoms with E-state index in [1.54, 1.807) is 0 Å². The number of allylic oxidation sites excluding steroid dienone is 2. The summed E-state index contributed by atoms with van der Waals surface area (Å²) in [4.78, 5) is 12.6. The number of rotatable bonds is 4. The molecule has 1 saturated carbocycles. The Balaban J connectivity index is 1.65. The van der Waals surface area contributed by atoms with Crippen LogP contribution in [0, 0.1) is 0 Å². The molecule has 3 N–H and O–H groups in total. The lowest BCUT2D eigenvalue weighted by molar-refractivity contribution is 0.0697. The first-order chi connectivity index (χ1) is 16.1. The van der Waals surface area contributed by atoms with E-state index in [0.29, 0.717) is 18.0 Å². The van der Waals surface area contributed by atoms with Gasteiger partial charge in [-0.3, -0.25) is 4.48 Å². The quantitative estimate of drug-likeness (QED) is 0.636. The zero-order chi connectivity index (χ0) is 22.6. The molecule has 1 fully saturated rings. The van der Waals surface area contributed by atoms with E-state index < -0.39 is 5.97 Å². The summed E-state index contributed by atoms with van der Waals surface area (Å²) in [5, 5.41) is 10.3. The van der Waals surface area contributed by atoms with Crippen LogP contribution in [0.1, 0.15) is 77.2 Å². The molecule has 4 aliphatic rings. The standard InChI is InChI=1S/C28H33N3O2/c29-14-17-31-16-6-10-21-20(19-7-2-1-3-8-19)12-13-23(27(21)31)26-25(28(32)33)22-9-4-5-11-24(22)30(26)15-18-31/h4,6,9,12-13,16,19H,1-3,5,7-8,10-11,14-15,17-18,29H2/p+1. The lowest BCUT2D eigenvalue weighted by atomic mass is 9.79. The van der Waals surface area contributed by atoms with Crippen LogP contribution in [0.25, 0.3) is 17.3 Å². The lowest BCUT2D eigenvalue weighted by Crippen LogP contribution is -2.50. The predicted octanol–water partition coefficient (Wildman–Crippen LogP) is 5.21. The first-order valence-corrected chi connectivity index (χ1v) is 12.7. The molecule has 0 spiro atoms. The van der Waals surface area contributed by atoms with Crippen molar-refractivity contribution in [3.63, 3.8) is 0 Å². The van der Waals surface area contributed by atoms with Gasteiger partial charge >= 0.3 is 5.97 Å². The van der Waals surface area contributed by atoms with Crippen molar-refractivity contribution in [2.24, 2.45) is 5.73 Å². The number of aromatic nitrogens is 1. The Morgan fingerprint density at radius 2 is 2.03 bits per heavy atom. The minimum Gasteiger partial charge on any atom is -0.478 e. The molecule has 5 nitrogen and oxygen atoms in total. The molecule has 0 amide bonds. The molecule has 0 bridgehead atoms. The fourth-order valence-electron chi connectivity index (χ4n) is 7.10. The molecule has 3 heterocycles. The van der Waals surface area contributed by atoms with Crippen LogP contribution >= 0.6 is 0 Å². The van der Waals surface area contributed by atoms with Crippen LogP contribution in [-0.2, 0) is 19.4 Å². The normalized spacial score (nSPS) is 23.5. The highest BCUT2D eigenvalue weighted by Crippen LogP contribution is 2.50. The maximum atomic E-state index is 12.6. The highest BCUT2D eigenvalue weighted by atomic mass is 16.4. The fourth-order valence-corrected chi connectivity index (χ4v) is 7.10. The number of aromatic carboxylic acids is 1. The van der Waals surface area contributed by atoms with Crippen molar-refractivity contribution in [2.45, 2.75) is 63.8 Å².